The second-order valence-corrected chi connectivity index (χ2v) is 4.58. The number of ether oxygens (including phenoxy) is 2. The minimum absolute atomic E-state index is 0.0192. The van der Waals surface area contributed by atoms with Crippen molar-refractivity contribution in [2.75, 3.05) is 6.61 Å². The normalized spacial score (nSPS) is 22.1. The monoisotopic (exact) mass is 242 g/mol. The third-order valence-electron chi connectivity index (χ3n) is 2.84. The van der Waals surface area contributed by atoms with Crippen molar-refractivity contribution in [1.29, 1.82) is 0 Å². The van der Waals surface area contributed by atoms with E-state index in [4.69, 9.17) is 9.47 Å². The van der Waals surface area contributed by atoms with Gasteiger partial charge in [0.15, 0.2) is 6.29 Å². The molecular formula is C13H22O4. The van der Waals surface area contributed by atoms with E-state index in [1.54, 1.807) is 0 Å². The van der Waals surface area contributed by atoms with Crippen LogP contribution in [-0.4, -0.2) is 30.6 Å². The van der Waals surface area contributed by atoms with Crippen molar-refractivity contribution in [3.05, 3.63) is 0 Å². The topological polar surface area (TPSA) is 52.6 Å². The molecule has 0 N–H and O–H groups in total. The Bertz CT molecular complexity index is 256. The highest BCUT2D eigenvalue weighted by atomic mass is 16.7. The highest BCUT2D eigenvalue weighted by Gasteiger charge is 2.21. The summed E-state index contributed by atoms with van der Waals surface area (Å²) in [6, 6.07) is 0. The molecule has 0 saturated carbocycles. The van der Waals surface area contributed by atoms with Crippen molar-refractivity contribution in [1.82, 2.24) is 0 Å². The summed E-state index contributed by atoms with van der Waals surface area (Å²) < 4.78 is 11.2. The Morgan fingerprint density at radius 2 is 2.18 bits per heavy atom. The fraction of sp³-hybridized carbons (Fsp3) is 0.846. The lowest BCUT2D eigenvalue weighted by atomic mass is 10.1. The maximum atomic E-state index is 11.5. The molecule has 1 aliphatic heterocycles. The van der Waals surface area contributed by atoms with Crippen LogP contribution in [0, 0.1) is 0 Å². The van der Waals surface area contributed by atoms with Crippen molar-refractivity contribution in [3.63, 3.8) is 0 Å². The molecule has 0 aromatic carbocycles. The fourth-order valence-electron chi connectivity index (χ4n) is 1.93. The van der Waals surface area contributed by atoms with E-state index in [0.29, 0.717) is 6.42 Å². The second kappa shape index (κ2) is 7.56. The van der Waals surface area contributed by atoms with Gasteiger partial charge >= 0.3 is 0 Å². The van der Waals surface area contributed by atoms with Crippen LogP contribution in [0.1, 0.15) is 52.4 Å². The van der Waals surface area contributed by atoms with Crippen molar-refractivity contribution in [2.45, 2.75) is 64.8 Å². The number of Topliss-reactive ketones (excluding diaryl/α,β-unsaturated/α-hetero) is 2. The van der Waals surface area contributed by atoms with Gasteiger partial charge in [0.2, 0.25) is 0 Å². The van der Waals surface area contributed by atoms with E-state index < -0.39 is 0 Å². The highest BCUT2D eigenvalue weighted by molar-refractivity contribution is 5.98. The molecule has 1 fully saturated rings. The minimum Gasteiger partial charge on any atom is -0.353 e. The molecule has 98 valence electrons. The first kappa shape index (κ1) is 14.3. The Kier molecular flexibility index (Phi) is 6.37. The predicted molar refractivity (Wildman–Crippen MR) is 63.7 cm³/mol. The Balaban J connectivity index is 2.31. The molecule has 1 rings (SSSR count). The van der Waals surface area contributed by atoms with Gasteiger partial charge in [-0.15, -0.1) is 0 Å². The SMILES string of the molecule is CCC(CC(=O)CC(C)=O)OC1CCCCO1. The summed E-state index contributed by atoms with van der Waals surface area (Å²) in [6.45, 7) is 4.15. The Morgan fingerprint density at radius 1 is 1.41 bits per heavy atom. The first-order chi connectivity index (χ1) is 8.11. The lowest BCUT2D eigenvalue weighted by Crippen LogP contribution is -2.29. The van der Waals surface area contributed by atoms with Crippen molar-refractivity contribution in [3.8, 4) is 0 Å². The Labute approximate surface area is 103 Å². The summed E-state index contributed by atoms with van der Waals surface area (Å²) in [4.78, 5) is 22.4. The van der Waals surface area contributed by atoms with E-state index in [9.17, 15) is 9.59 Å². The Morgan fingerprint density at radius 3 is 2.71 bits per heavy atom. The molecule has 0 aromatic heterocycles. The summed E-state index contributed by atoms with van der Waals surface area (Å²) in [5, 5.41) is 0. The summed E-state index contributed by atoms with van der Waals surface area (Å²) in [6.07, 6.45) is 3.91. The quantitative estimate of drug-likeness (QED) is 0.642. The molecule has 4 heteroatoms. The number of ketones is 2. The summed E-state index contributed by atoms with van der Waals surface area (Å²) >= 11 is 0. The lowest BCUT2D eigenvalue weighted by molar-refractivity contribution is -0.190. The number of hydrogen-bond donors (Lipinski definition) is 0. The van der Waals surface area contributed by atoms with Crippen molar-refractivity contribution < 1.29 is 19.1 Å². The lowest BCUT2D eigenvalue weighted by Gasteiger charge is -2.27. The van der Waals surface area contributed by atoms with Gasteiger partial charge in [-0.2, -0.15) is 0 Å². The molecule has 0 bridgehead atoms. The van der Waals surface area contributed by atoms with Crippen LogP contribution < -0.4 is 0 Å². The number of carbonyl (C=O) groups is 2. The molecule has 1 aliphatic rings. The van der Waals surface area contributed by atoms with Gasteiger partial charge in [0.05, 0.1) is 12.5 Å². The maximum Gasteiger partial charge on any atom is 0.157 e. The highest BCUT2D eigenvalue weighted by Crippen LogP contribution is 2.18. The molecule has 0 amide bonds. The van der Waals surface area contributed by atoms with E-state index >= 15 is 0 Å². The third kappa shape index (κ3) is 5.94. The van der Waals surface area contributed by atoms with Gasteiger partial charge in [-0.25, -0.2) is 0 Å². The summed E-state index contributed by atoms with van der Waals surface area (Å²) in [5.41, 5.74) is 0. The molecule has 0 aliphatic carbocycles. The first-order valence-electron chi connectivity index (χ1n) is 6.40. The van der Waals surface area contributed by atoms with Gasteiger partial charge in [-0.3, -0.25) is 9.59 Å². The van der Waals surface area contributed by atoms with Gasteiger partial charge in [0.1, 0.15) is 11.6 Å². The fourth-order valence-corrected chi connectivity index (χ4v) is 1.93. The molecule has 1 saturated heterocycles. The molecule has 1 heterocycles. The molecule has 0 aromatic rings. The first-order valence-corrected chi connectivity index (χ1v) is 6.40. The zero-order valence-electron chi connectivity index (χ0n) is 10.7. The predicted octanol–water partition coefficient (Wildman–Crippen LogP) is 2.25. The van der Waals surface area contributed by atoms with E-state index in [1.165, 1.54) is 6.92 Å². The molecule has 4 nitrogen and oxygen atoms in total. The number of rotatable bonds is 7. The maximum absolute atomic E-state index is 11.5. The number of hydrogen-bond acceptors (Lipinski definition) is 4. The van der Waals surface area contributed by atoms with Crippen LogP contribution in [0.25, 0.3) is 0 Å². The zero-order valence-corrected chi connectivity index (χ0v) is 10.7. The van der Waals surface area contributed by atoms with Gasteiger partial charge in [-0.1, -0.05) is 6.92 Å². The average Bonchev–Trinajstić information content (AvgIpc) is 2.28. The van der Waals surface area contributed by atoms with Crippen LogP contribution in [0.3, 0.4) is 0 Å². The molecular weight excluding hydrogens is 220 g/mol. The summed E-state index contributed by atoms with van der Waals surface area (Å²) in [5.74, 6) is -0.126. The third-order valence-corrected chi connectivity index (χ3v) is 2.84. The van der Waals surface area contributed by atoms with Crippen LogP contribution in [0.2, 0.25) is 0 Å². The largest absolute Gasteiger partial charge is 0.353 e. The standard InChI is InChI=1S/C13H22O4/c1-3-12(9-11(15)8-10(2)14)17-13-6-4-5-7-16-13/h12-13H,3-9H2,1-2H3. The van der Waals surface area contributed by atoms with Crippen molar-refractivity contribution >= 4 is 11.6 Å². The smallest absolute Gasteiger partial charge is 0.157 e. The van der Waals surface area contributed by atoms with Gasteiger partial charge < -0.3 is 9.47 Å². The number of carbonyl (C=O) groups excluding carboxylic acids is 2. The van der Waals surface area contributed by atoms with E-state index in [-0.39, 0.29) is 30.4 Å². The van der Waals surface area contributed by atoms with Gasteiger partial charge in [0.25, 0.3) is 0 Å². The van der Waals surface area contributed by atoms with Crippen LogP contribution in [0.5, 0.6) is 0 Å². The summed E-state index contributed by atoms with van der Waals surface area (Å²) in [7, 11) is 0. The van der Waals surface area contributed by atoms with Crippen LogP contribution in [0.4, 0.5) is 0 Å². The van der Waals surface area contributed by atoms with E-state index in [0.717, 1.165) is 32.3 Å². The van der Waals surface area contributed by atoms with Gasteiger partial charge in [0, 0.05) is 13.0 Å². The second-order valence-electron chi connectivity index (χ2n) is 4.58. The van der Waals surface area contributed by atoms with Crippen LogP contribution in [0.15, 0.2) is 0 Å². The van der Waals surface area contributed by atoms with E-state index in [2.05, 4.69) is 0 Å². The van der Waals surface area contributed by atoms with Gasteiger partial charge in [-0.05, 0) is 32.6 Å². The molecule has 0 spiro atoms. The Hall–Kier alpha value is -0.740. The molecule has 2 atom stereocenters. The zero-order chi connectivity index (χ0) is 12.7. The van der Waals surface area contributed by atoms with Crippen molar-refractivity contribution in [2.24, 2.45) is 0 Å². The molecule has 0 radical (unpaired) electrons. The van der Waals surface area contributed by atoms with Crippen LogP contribution >= 0.6 is 0 Å². The molecule has 2 unspecified atom stereocenters. The average molecular weight is 242 g/mol. The molecule has 17 heavy (non-hydrogen) atoms. The van der Waals surface area contributed by atoms with E-state index in [1.807, 2.05) is 6.92 Å². The van der Waals surface area contributed by atoms with Crippen LogP contribution in [-0.2, 0) is 19.1 Å². The minimum atomic E-state index is -0.168.